The first kappa shape index (κ1) is 16.6. The summed E-state index contributed by atoms with van der Waals surface area (Å²) < 4.78 is 5.54. The maximum absolute atomic E-state index is 13.3. The Morgan fingerprint density at radius 3 is 2.79 bits per heavy atom. The molecule has 1 saturated heterocycles. The number of pyridine rings is 1. The number of hydrogen-bond acceptors (Lipinski definition) is 5. The van der Waals surface area contributed by atoms with E-state index >= 15 is 0 Å². The van der Waals surface area contributed by atoms with Gasteiger partial charge >= 0.3 is 0 Å². The molecule has 1 atom stereocenters. The van der Waals surface area contributed by atoms with Gasteiger partial charge in [0, 0.05) is 23.7 Å². The molecule has 0 radical (unpaired) electrons. The van der Waals surface area contributed by atoms with Crippen molar-refractivity contribution >= 4 is 16.8 Å². The molecule has 6 heteroatoms. The highest BCUT2D eigenvalue weighted by Gasteiger charge is 2.35. The average molecular weight is 370 g/mol. The van der Waals surface area contributed by atoms with Crippen LogP contribution in [0, 0.1) is 0 Å². The summed E-state index contributed by atoms with van der Waals surface area (Å²) in [5.74, 6) is 0.978. The molecule has 2 aromatic heterocycles. The summed E-state index contributed by atoms with van der Waals surface area (Å²) in [5.41, 5.74) is 2.22. The second-order valence-electron chi connectivity index (χ2n) is 6.86. The molecule has 0 N–H and O–H groups in total. The van der Waals surface area contributed by atoms with Gasteiger partial charge in [0.2, 0.25) is 11.7 Å². The number of nitrogens with zero attached hydrogens (tertiary/aromatic N) is 4. The van der Waals surface area contributed by atoms with E-state index in [1.807, 2.05) is 65.6 Å². The monoisotopic (exact) mass is 370 g/mol. The highest BCUT2D eigenvalue weighted by Crippen LogP contribution is 2.34. The fourth-order valence-corrected chi connectivity index (χ4v) is 3.77. The molecule has 138 valence electrons. The minimum atomic E-state index is -0.212. The van der Waals surface area contributed by atoms with Crippen molar-refractivity contribution in [3.63, 3.8) is 0 Å². The van der Waals surface area contributed by atoms with Crippen LogP contribution in [0.3, 0.4) is 0 Å². The first-order chi connectivity index (χ1) is 13.8. The van der Waals surface area contributed by atoms with Crippen LogP contribution in [-0.2, 0) is 0 Å². The van der Waals surface area contributed by atoms with E-state index in [2.05, 4.69) is 15.1 Å². The zero-order valence-electron chi connectivity index (χ0n) is 15.2. The quantitative estimate of drug-likeness (QED) is 0.539. The lowest BCUT2D eigenvalue weighted by Gasteiger charge is -2.22. The van der Waals surface area contributed by atoms with Crippen LogP contribution in [0.4, 0.5) is 0 Å². The molecule has 0 spiro atoms. The molecule has 0 saturated carbocycles. The Morgan fingerprint density at radius 1 is 1.04 bits per heavy atom. The normalized spacial score (nSPS) is 16.6. The van der Waals surface area contributed by atoms with Gasteiger partial charge in [-0.3, -0.25) is 9.78 Å². The van der Waals surface area contributed by atoms with Gasteiger partial charge in [0.05, 0.1) is 11.1 Å². The lowest BCUT2D eigenvalue weighted by Crippen LogP contribution is -2.31. The first-order valence-corrected chi connectivity index (χ1v) is 9.35. The zero-order chi connectivity index (χ0) is 18.9. The number of aromatic nitrogens is 3. The Bertz CT molecular complexity index is 1130. The number of likely N-dealkylation sites (tertiary alicyclic amines) is 1. The van der Waals surface area contributed by atoms with Gasteiger partial charge in [0.15, 0.2) is 0 Å². The molecule has 1 amide bonds. The predicted molar refractivity (Wildman–Crippen MR) is 104 cm³/mol. The van der Waals surface area contributed by atoms with Crippen LogP contribution in [0.2, 0.25) is 0 Å². The van der Waals surface area contributed by atoms with Gasteiger partial charge in [-0.2, -0.15) is 4.98 Å². The van der Waals surface area contributed by atoms with E-state index in [1.165, 1.54) is 0 Å². The Morgan fingerprint density at radius 2 is 1.89 bits per heavy atom. The third-order valence-corrected chi connectivity index (χ3v) is 5.14. The van der Waals surface area contributed by atoms with E-state index in [9.17, 15) is 4.79 Å². The zero-order valence-corrected chi connectivity index (χ0v) is 15.2. The number of carbonyl (C=O) groups is 1. The molecule has 2 aromatic carbocycles. The molecular weight excluding hydrogens is 352 g/mol. The van der Waals surface area contributed by atoms with Crippen molar-refractivity contribution in [1.82, 2.24) is 20.0 Å². The molecule has 3 heterocycles. The largest absolute Gasteiger partial charge is 0.337 e. The lowest BCUT2D eigenvalue weighted by molar-refractivity contribution is 0.0712. The van der Waals surface area contributed by atoms with Gasteiger partial charge < -0.3 is 9.42 Å². The van der Waals surface area contributed by atoms with E-state index in [-0.39, 0.29) is 11.9 Å². The van der Waals surface area contributed by atoms with Crippen LogP contribution in [0.5, 0.6) is 0 Å². The van der Waals surface area contributed by atoms with Gasteiger partial charge in [-0.25, -0.2) is 0 Å². The highest BCUT2D eigenvalue weighted by atomic mass is 16.5. The summed E-state index contributed by atoms with van der Waals surface area (Å²) in [7, 11) is 0. The van der Waals surface area contributed by atoms with Crippen LogP contribution >= 0.6 is 0 Å². The standard InChI is InChI=1S/C22H18N4O2/c27-22(17-11-4-9-15-10-5-13-23-19(15)17)26-14-6-12-18(26)21-24-20(25-28-21)16-7-2-1-3-8-16/h1-5,7-11,13,18H,6,12,14H2/t18-/m1/s1. The molecule has 0 aliphatic carbocycles. The lowest BCUT2D eigenvalue weighted by atomic mass is 10.1. The van der Waals surface area contributed by atoms with E-state index in [1.54, 1.807) is 6.20 Å². The summed E-state index contributed by atoms with van der Waals surface area (Å²) in [6.45, 7) is 0.662. The van der Waals surface area contributed by atoms with E-state index in [0.717, 1.165) is 29.3 Å². The summed E-state index contributed by atoms with van der Waals surface area (Å²) >= 11 is 0. The van der Waals surface area contributed by atoms with Crippen molar-refractivity contribution in [2.75, 3.05) is 6.54 Å². The smallest absolute Gasteiger partial charge is 0.256 e. The molecule has 0 unspecified atom stereocenters. The molecule has 6 nitrogen and oxygen atoms in total. The fraction of sp³-hybridized carbons (Fsp3) is 0.182. The first-order valence-electron chi connectivity index (χ1n) is 9.35. The van der Waals surface area contributed by atoms with Crippen molar-refractivity contribution < 1.29 is 9.32 Å². The maximum Gasteiger partial charge on any atom is 0.256 e. The van der Waals surface area contributed by atoms with Gasteiger partial charge in [0.1, 0.15) is 6.04 Å². The van der Waals surface area contributed by atoms with Crippen LogP contribution in [0.25, 0.3) is 22.3 Å². The number of benzene rings is 2. The summed E-state index contributed by atoms with van der Waals surface area (Å²) in [6.07, 6.45) is 3.42. The highest BCUT2D eigenvalue weighted by molar-refractivity contribution is 6.05. The Labute approximate surface area is 161 Å². The number of rotatable bonds is 3. The summed E-state index contributed by atoms with van der Waals surface area (Å²) in [5, 5.41) is 5.06. The van der Waals surface area contributed by atoms with E-state index < -0.39 is 0 Å². The van der Waals surface area contributed by atoms with Crippen molar-refractivity contribution in [2.24, 2.45) is 0 Å². The molecule has 1 aliphatic heterocycles. The van der Waals surface area contributed by atoms with Crippen molar-refractivity contribution in [1.29, 1.82) is 0 Å². The number of para-hydroxylation sites is 1. The summed E-state index contributed by atoms with van der Waals surface area (Å²) in [4.78, 5) is 24.1. The third-order valence-electron chi connectivity index (χ3n) is 5.14. The minimum absolute atomic E-state index is 0.0498. The van der Waals surface area contributed by atoms with Crippen molar-refractivity contribution in [2.45, 2.75) is 18.9 Å². The number of carbonyl (C=O) groups excluding carboxylic acids is 1. The van der Waals surface area contributed by atoms with Crippen LogP contribution in [0.1, 0.15) is 35.1 Å². The molecule has 0 bridgehead atoms. The summed E-state index contributed by atoms with van der Waals surface area (Å²) in [6, 6.07) is 19.0. The van der Waals surface area contributed by atoms with Crippen molar-refractivity contribution in [3.8, 4) is 11.4 Å². The van der Waals surface area contributed by atoms with Gasteiger partial charge in [-0.1, -0.05) is 53.7 Å². The molecular formula is C22H18N4O2. The third kappa shape index (κ3) is 2.83. The van der Waals surface area contributed by atoms with E-state index in [0.29, 0.717) is 23.8 Å². The van der Waals surface area contributed by atoms with Crippen LogP contribution in [0.15, 0.2) is 71.4 Å². The van der Waals surface area contributed by atoms with Crippen molar-refractivity contribution in [3.05, 3.63) is 78.3 Å². The van der Waals surface area contributed by atoms with Gasteiger partial charge in [0.25, 0.3) is 5.91 Å². The average Bonchev–Trinajstić information content (AvgIpc) is 3.43. The predicted octanol–water partition coefficient (Wildman–Crippen LogP) is 4.26. The van der Waals surface area contributed by atoms with Crippen LogP contribution in [-0.4, -0.2) is 32.5 Å². The van der Waals surface area contributed by atoms with Gasteiger partial charge in [-0.15, -0.1) is 0 Å². The van der Waals surface area contributed by atoms with Crippen LogP contribution < -0.4 is 0 Å². The van der Waals surface area contributed by atoms with E-state index in [4.69, 9.17) is 4.52 Å². The Balaban J connectivity index is 1.47. The molecule has 1 fully saturated rings. The Hall–Kier alpha value is -3.54. The second kappa shape index (κ2) is 6.88. The van der Waals surface area contributed by atoms with Gasteiger partial charge in [-0.05, 0) is 25.0 Å². The molecule has 1 aliphatic rings. The number of hydrogen-bond donors (Lipinski definition) is 0. The minimum Gasteiger partial charge on any atom is -0.337 e. The fourth-order valence-electron chi connectivity index (χ4n) is 3.77. The SMILES string of the molecule is O=C(c1cccc2cccnc12)N1CCC[C@@H]1c1nc(-c2ccccc2)no1. The topological polar surface area (TPSA) is 72.1 Å². The molecule has 5 rings (SSSR count). The number of fused-ring (bicyclic) bond motifs is 1. The maximum atomic E-state index is 13.3. The molecule has 4 aromatic rings. The Kier molecular flexibility index (Phi) is 4.09. The number of amides is 1. The molecule has 28 heavy (non-hydrogen) atoms. The second-order valence-corrected chi connectivity index (χ2v) is 6.86.